The van der Waals surface area contributed by atoms with Gasteiger partial charge in [0.2, 0.25) is 5.91 Å². The number of hydrogen-bond donors (Lipinski definition) is 0. The Balaban J connectivity index is 1.86. The fourth-order valence-corrected chi connectivity index (χ4v) is 5.26. The molecule has 2 nitrogen and oxygen atoms in total. The Morgan fingerprint density at radius 2 is 1.71 bits per heavy atom. The van der Waals surface area contributed by atoms with Crippen molar-refractivity contribution < 1.29 is 4.79 Å². The topological polar surface area (TPSA) is 20.3 Å². The van der Waals surface area contributed by atoms with Crippen LogP contribution in [-0.2, 0) is 4.79 Å². The average molecular weight is 408 g/mol. The zero-order valence-electron chi connectivity index (χ0n) is 15.9. The second kappa shape index (κ2) is 8.02. The van der Waals surface area contributed by atoms with Crippen molar-refractivity contribution in [2.75, 3.05) is 11.4 Å². The first kappa shape index (κ1) is 19.1. The average Bonchev–Trinajstić information content (AvgIpc) is 2.71. The molecule has 0 saturated carbocycles. The highest BCUT2D eigenvalue weighted by atomic mass is 35.5. The summed E-state index contributed by atoms with van der Waals surface area (Å²) in [6.07, 6.45) is 0. The highest BCUT2D eigenvalue weighted by Gasteiger charge is 2.41. The number of carbonyl (C=O) groups excluding carboxylic acids is 1. The van der Waals surface area contributed by atoms with Gasteiger partial charge >= 0.3 is 0 Å². The van der Waals surface area contributed by atoms with Gasteiger partial charge in [-0.05, 0) is 55.3 Å². The normalized spacial score (nSPS) is 18.8. The van der Waals surface area contributed by atoms with Crippen molar-refractivity contribution >= 4 is 35.0 Å². The van der Waals surface area contributed by atoms with Gasteiger partial charge in [-0.15, -0.1) is 11.8 Å². The van der Waals surface area contributed by atoms with Gasteiger partial charge in [0, 0.05) is 28.1 Å². The van der Waals surface area contributed by atoms with Crippen LogP contribution in [0.15, 0.2) is 77.7 Å². The number of anilines is 1. The number of rotatable bonds is 4. The van der Waals surface area contributed by atoms with Crippen molar-refractivity contribution in [1.82, 2.24) is 0 Å². The summed E-state index contributed by atoms with van der Waals surface area (Å²) in [5.74, 6) is 0.105. The number of hydrogen-bond acceptors (Lipinski definition) is 2. The van der Waals surface area contributed by atoms with Crippen molar-refractivity contribution in [2.24, 2.45) is 0 Å². The molecule has 0 aromatic heterocycles. The van der Waals surface area contributed by atoms with Crippen LogP contribution < -0.4 is 4.90 Å². The van der Waals surface area contributed by atoms with Crippen LogP contribution >= 0.6 is 23.4 Å². The number of carbonyl (C=O) groups is 1. The largest absolute Gasteiger partial charge is 0.311 e. The summed E-state index contributed by atoms with van der Waals surface area (Å²) in [6.45, 7) is 4.73. The van der Waals surface area contributed by atoms with Crippen LogP contribution in [0, 0.1) is 6.92 Å². The summed E-state index contributed by atoms with van der Waals surface area (Å²) in [4.78, 5) is 16.5. The van der Waals surface area contributed by atoms with Crippen LogP contribution in [0.2, 0.25) is 5.02 Å². The molecule has 1 amide bonds. The highest BCUT2D eigenvalue weighted by molar-refractivity contribution is 8.00. The molecular formula is C24H22ClNOS. The van der Waals surface area contributed by atoms with E-state index in [1.165, 1.54) is 5.56 Å². The molecule has 0 radical (unpaired) electrons. The van der Waals surface area contributed by atoms with Crippen molar-refractivity contribution in [3.05, 3.63) is 94.5 Å². The SMILES string of the molecule is CCN1C(=O)[C@@H](Sc2ccc(C)cc2)[C@@H](c2ccccc2)c2cc(Cl)ccc21. The standard InChI is InChI=1S/C24H22ClNOS/c1-3-26-21-14-11-18(25)15-20(21)22(17-7-5-4-6-8-17)23(24(26)27)28-19-12-9-16(2)10-13-19/h4-15,22-23H,3H2,1-2H3/t22-,23-/m0/s1. The van der Waals surface area contributed by atoms with Crippen molar-refractivity contribution in [3.8, 4) is 0 Å². The quantitative estimate of drug-likeness (QED) is 0.505. The third kappa shape index (κ3) is 3.57. The predicted molar refractivity (Wildman–Crippen MR) is 119 cm³/mol. The number of amides is 1. The van der Waals surface area contributed by atoms with Crippen LogP contribution in [-0.4, -0.2) is 17.7 Å². The monoisotopic (exact) mass is 407 g/mol. The highest BCUT2D eigenvalue weighted by Crippen LogP contribution is 2.47. The Kier molecular flexibility index (Phi) is 5.47. The van der Waals surface area contributed by atoms with Crippen molar-refractivity contribution in [3.63, 3.8) is 0 Å². The summed E-state index contributed by atoms with van der Waals surface area (Å²) >= 11 is 8.01. The molecule has 0 aliphatic carbocycles. The molecule has 1 aliphatic rings. The molecule has 1 heterocycles. The van der Waals surface area contributed by atoms with E-state index in [4.69, 9.17) is 11.6 Å². The summed E-state index contributed by atoms with van der Waals surface area (Å²) in [5, 5.41) is 0.459. The van der Waals surface area contributed by atoms with Gasteiger partial charge in [0.1, 0.15) is 0 Å². The number of halogens is 1. The summed E-state index contributed by atoms with van der Waals surface area (Å²) < 4.78 is 0. The van der Waals surface area contributed by atoms with E-state index in [0.717, 1.165) is 21.7 Å². The van der Waals surface area contributed by atoms with Crippen molar-refractivity contribution in [1.29, 1.82) is 0 Å². The van der Waals surface area contributed by atoms with Gasteiger partial charge in [0.15, 0.2) is 0 Å². The first-order valence-corrected chi connectivity index (χ1v) is 10.7. The van der Waals surface area contributed by atoms with E-state index in [1.807, 2.05) is 48.2 Å². The second-order valence-electron chi connectivity index (χ2n) is 7.03. The second-order valence-corrected chi connectivity index (χ2v) is 8.68. The van der Waals surface area contributed by atoms with E-state index in [9.17, 15) is 4.79 Å². The van der Waals surface area contributed by atoms with Gasteiger partial charge in [-0.1, -0.05) is 59.6 Å². The molecular weight excluding hydrogens is 386 g/mol. The maximum absolute atomic E-state index is 13.5. The maximum atomic E-state index is 13.5. The number of aryl methyl sites for hydroxylation is 1. The minimum Gasteiger partial charge on any atom is -0.311 e. The third-order valence-electron chi connectivity index (χ3n) is 5.19. The van der Waals surface area contributed by atoms with E-state index < -0.39 is 0 Å². The Labute approximate surface area is 175 Å². The zero-order valence-corrected chi connectivity index (χ0v) is 17.5. The Morgan fingerprint density at radius 3 is 2.39 bits per heavy atom. The number of fused-ring (bicyclic) bond motifs is 1. The lowest BCUT2D eigenvalue weighted by Crippen LogP contribution is -2.45. The van der Waals surface area contributed by atoms with Crippen LogP contribution in [0.5, 0.6) is 0 Å². The molecule has 3 aromatic rings. The maximum Gasteiger partial charge on any atom is 0.241 e. The van der Waals surface area contributed by atoms with Crippen LogP contribution in [0.3, 0.4) is 0 Å². The van der Waals surface area contributed by atoms with Gasteiger partial charge < -0.3 is 4.90 Å². The van der Waals surface area contributed by atoms with E-state index in [-0.39, 0.29) is 17.1 Å². The lowest BCUT2D eigenvalue weighted by molar-refractivity contribution is -0.118. The molecule has 3 aromatic carbocycles. The molecule has 4 rings (SSSR count). The lowest BCUT2D eigenvalue weighted by atomic mass is 9.83. The molecule has 142 valence electrons. The first-order chi connectivity index (χ1) is 13.6. The molecule has 0 spiro atoms. The van der Waals surface area contributed by atoms with Crippen molar-refractivity contribution in [2.45, 2.75) is 29.9 Å². The van der Waals surface area contributed by atoms with Gasteiger partial charge in [0.25, 0.3) is 0 Å². The molecule has 0 N–H and O–H groups in total. The molecule has 4 heteroatoms. The van der Waals surface area contributed by atoms with Gasteiger partial charge in [-0.2, -0.15) is 0 Å². The number of thioether (sulfide) groups is 1. The lowest BCUT2D eigenvalue weighted by Gasteiger charge is -2.39. The molecule has 2 atom stereocenters. The summed E-state index contributed by atoms with van der Waals surface area (Å²) in [5.41, 5.74) is 4.43. The first-order valence-electron chi connectivity index (χ1n) is 9.47. The molecule has 0 saturated heterocycles. The van der Waals surface area contributed by atoms with Gasteiger partial charge in [-0.25, -0.2) is 0 Å². The smallest absolute Gasteiger partial charge is 0.241 e. The minimum atomic E-state index is -0.240. The van der Waals surface area contributed by atoms with Gasteiger partial charge in [-0.3, -0.25) is 4.79 Å². The fraction of sp³-hybridized carbons (Fsp3) is 0.208. The Bertz CT molecular complexity index is 987. The Hall–Kier alpha value is -2.23. The predicted octanol–water partition coefficient (Wildman–Crippen LogP) is 6.31. The van der Waals surface area contributed by atoms with E-state index >= 15 is 0 Å². The fourth-order valence-electron chi connectivity index (χ4n) is 3.82. The van der Waals surface area contributed by atoms with Crippen LogP contribution in [0.4, 0.5) is 5.69 Å². The zero-order chi connectivity index (χ0) is 19.7. The van der Waals surface area contributed by atoms with E-state index in [0.29, 0.717) is 11.6 Å². The van der Waals surface area contributed by atoms with Crippen LogP contribution in [0.25, 0.3) is 0 Å². The van der Waals surface area contributed by atoms with Crippen LogP contribution in [0.1, 0.15) is 29.5 Å². The number of nitrogens with zero attached hydrogens (tertiary/aromatic N) is 1. The molecule has 0 fully saturated rings. The number of benzene rings is 3. The summed E-state index contributed by atoms with van der Waals surface area (Å²) in [6, 6.07) is 24.5. The minimum absolute atomic E-state index is 0.0449. The molecule has 0 unspecified atom stereocenters. The van der Waals surface area contributed by atoms with E-state index in [1.54, 1.807) is 11.8 Å². The third-order valence-corrected chi connectivity index (χ3v) is 6.69. The molecule has 0 bridgehead atoms. The van der Waals surface area contributed by atoms with Gasteiger partial charge in [0.05, 0.1) is 5.25 Å². The molecule has 1 aliphatic heterocycles. The summed E-state index contributed by atoms with van der Waals surface area (Å²) in [7, 11) is 0. The Morgan fingerprint density at radius 1 is 1.00 bits per heavy atom. The molecule has 28 heavy (non-hydrogen) atoms. The van der Waals surface area contributed by atoms with E-state index in [2.05, 4.69) is 43.3 Å².